The maximum atomic E-state index is 5.74. The number of rotatable bonds is 1. The van der Waals surface area contributed by atoms with Crippen molar-refractivity contribution in [2.45, 2.75) is 12.8 Å². The summed E-state index contributed by atoms with van der Waals surface area (Å²) in [6.45, 7) is 4.20. The number of benzene rings is 1. The van der Waals surface area contributed by atoms with Crippen LogP contribution < -0.4 is 0 Å². The first-order valence-corrected chi connectivity index (χ1v) is 6.15. The Morgan fingerprint density at radius 1 is 1.25 bits per heavy atom. The first-order valence-electron chi connectivity index (χ1n) is 6.15. The van der Waals surface area contributed by atoms with Crippen molar-refractivity contribution in [3.05, 3.63) is 47.5 Å². The van der Waals surface area contributed by atoms with E-state index in [4.69, 9.17) is 4.74 Å². The van der Waals surface area contributed by atoms with Crippen molar-refractivity contribution >= 4 is 0 Å². The molecule has 1 heteroatoms. The van der Waals surface area contributed by atoms with Crippen LogP contribution in [0.4, 0.5) is 0 Å². The van der Waals surface area contributed by atoms with E-state index in [-0.39, 0.29) is 0 Å². The number of hydrogen-bond acceptors (Lipinski definition) is 1. The minimum atomic E-state index is 0.445. The molecule has 0 bridgehead atoms. The van der Waals surface area contributed by atoms with Crippen LogP contribution in [0, 0.1) is 17.3 Å². The molecule has 0 aromatic heterocycles. The molecule has 1 aromatic carbocycles. The van der Waals surface area contributed by atoms with Gasteiger partial charge in [-0.2, -0.15) is 0 Å². The Hall–Kier alpha value is -1.08. The smallest absolute Gasteiger partial charge is 0.0569 e. The van der Waals surface area contributed by atoms with Crippen molar-refractivity contribution in [3.8, 4) is 0 Å². The number of hydrogen-bond donors (Lipinski definition) is 0. The van der Waals surface area contributed by atoms with Gasteiger partial charge in [-0.05, 0) is 24.3 Å². The molecule has 4 rings (SSSR count). The Labute approximate surface area is 96.1 Å². The van der Waals surface area contributed by atoms with Crippen LogP contribution in [0.1, 0.15) is 18.4 Å². The molecule has 0 radical (unpaired) electrons. The zero-order chi connectivity index (χ0) is 10.8. The molecular weight excluding hydrogens is 196 g/mol. The highest BCUT2D eigenvalue weighted by Crippen LogP contribution is 2.72. The summed E-state index contributed by atoms with van der Waals surface area (Å²) in [4.78, 5) is 0. The minimum Gasteiger partial charge on any atom is -0.380 e. The van der Waals surface area contributed by atoms with Gasteiger partial charge in [0.1, 0.15) is 0 Å². The third-order valence-corrected chi connectivity index (χ3v) is 5.06. The summed E-state index contributed by atoms with van der Waals surface area (Å²) in [5, 5.41) is 0. The van der Waals surface area contributed by atoms with E-state index in [1.165, 1.54) is 5.56 Å². The molecular formula is C15H16O. The average Bonchev–Trinajstić information content (AvgIpc) is 2.73. The second-order valence-electron chi connectivity index (χ2n) is 5.47. The summed E-state index contributed by atoms with van der Waals surface area (Å²) in [6.07, 6.45) is 2.46. The van der Waals surface area contributed by atoms with Crippen LogP contribution in [0.25, 0.3) is 0 Å². The van der Waals surface area contributed by atoms with E-state index in [0.29, 0.717) is 11.3 Å². The SMILES string of the molecule is CC1=C[C@H]2[C@@H](c3ccccc3)[C@@H]3COCC123. The van der Waals surface area contributed by atoms with Crippen molar-refractivity contribution in [1.82, 2.24) is 0 Å². The summed E-state index contributed by atoms with van der Waals surface area (Å²) in [5.74, 6) is 2.21. The molecule has 1 unspecified atom stereocenters. The van der Waals surface area contributed by atoms with Crippen molar-refractivity contribution in [2.24, 2.45) is 17.3 Å². The molecule has 2 aliphatic carbocycles. The van der Waals surface area contributed by atoms with Gasteiger partial charge in [0.15, 0.2) is 0 Å². The van der Waals surface area contributed by atoms with Gasteiger partial charge in [0.2, 0.25) is 0 Å². The van der Waals surface area contributed by atoms with Crippen molar-refractivity contribution in [3.63, 3.8) is 0 Å². The van der Waals surface area contributed by atoms with Gasteiger partial charge in [0.05, 0.1) is 13.2 Å². The zero-order valence-electron chi connectivity index (χ0n) is 9.52. The first kappa shape index (κ1) is 9.00. The molecule has 0 amide bonds. The average molecular weight is 212 g/mol. The molecule has 3 aliphatic rings. The van der Waals surface area contributed by atoms with Crippen LogP contribution in [0.15, 0.2) is 42.0 Å². The predicted molar refractivity (Wildman–Crippen MR) is 63.2 cm³/mol. The Morgan fingerprint density at radius 2 is 2.06 bits per heavy atom. The molecule has 1 heterocycles. The van der Waals surface area contributed by atoms with Gasteiger partial charge >= 0.3 is 0 Å². The normalized spacial score (nSPS) is 43.8. The van der Waals surface area contributed by atoms with Gasteiger partial charge in [-0.1, -0.05) is 42.0 Å². The van der Waals surface area contributed by atoms with Crippen LogP contribution in [-0.2, 0) is 4.74 Å². The molecule has 1 aliphatic heterocycles. The summed E-state index contributed by atoms with van der Waals surface area (Å²) >= 11 is 0. The molecule has 2 fully saturated rings. The molecule has 16 heavy (non-hydrogen) atoms. The highest BCUT2D eigenvalue weighted by molar-refractivity contribution is 5.45. The summed E-state index contributed by atoms with van der Waals surface area (Å²) in [6, 6.07) is 11.0. The standard InChI is InChI=1S/C15H16O/c1-10-7-12-14(11-5-3-2-4-6-11)13-8-16-9-15(10,12)13/h2-7,12-14H,8-9H2,1H3/t12-,13-,14+,15?/m0/s1. The van der Waals surface area contributed by atoms with E-state index in [0.717, 1.165) is 25.0 Å². The fraction of sp³-hybridized carbons (Fsp3) is 0.467. The lowest BCUT2D eigenvalue weighted by Crippen LogP contribution is -2.59. The topological polar surface area (TPSA) is 9.23 Å². The van der Waals surface area contributed by atoms with Gasteiger partial charge in [0.25, 0.3) is 0 Å². The van der Waals surface area contributed by atoms with Gasteiger partial charge in [-0.15, -0.1) is 0 Å². The van der Waals surface area contributed by atoms with E-state index in [1.54, 1.807) is 5.57 Å². The predicted octanol–water partition coefficient (Wildman–Crippen LogP) is 2.99. The molecule has 82 valence electrons. The molecule has 1 saturated heterocycles. The highest BCUT2D eigenvalue weighted by atomic mass is 16.5. The molecule has 1 aromatic rings. The molecule has 1 saturated carbocycles. The third kappa shape index (κ3) is 0.799. The second kappa shape index (κ2) is 2.78. The second-order valence-corrected chi connectivity index (χ2v) is 5.47. The lowest BCUT2D eigenvalue weighted by Gasteiger charge is -2.63. The van der Waals surface area contributed by atoms with Crippen LogP contribution >= 0.6 is 0 Å². The van der Waals surface area contributed by atoms with Gasteiger partial charge in [0, 0.05) is 11.3 Å². The van der Waals surface area contributed by atoms with Crippen LogP contribution in [0.5, 0.6) is 0 Å². The Morgan fingerprint density at radius 3 is 2.81 bits per heavy atom. The Bertz CT molecular complexity index is 462. The quantitative estimate of drug-likeness (QED) is 0.650. The maximum absolute atomic E-state index is 5.74. The summed E-state index contributed by atoms with van der Waals surface area (Å²) < 4.78 is 5.74. The largest absolute Gasteiger partial charge is 0.380 e. The van der Waals surface area contributed by atoms with Gasteiger partial charge in [-0.25, -0.2) is 0 Å². The summed E-state index contributed by atoms with van der Waals surface area (Å²) in [5.41, 5.74) is 3.52. The van der Waals surface area contributed by atoms with Gasteiger partial charge < -0.3 is 4.74 Å². The zero-order valence-corrected chi connectivity index (χ0v) is 9.52. The number of allylic oxidation sites excluding steroid dienone is 1. The van der Waals surface area contributed by atoms with Crippen molar-refractivity contribution < 1.29 is 4.74 Å². The van der Waals surface area contributed by atoms with E-state index in [2.05, 4.69) is 43.3 Å². The van der Waals surface area contributed by atoms with Crippen LogP contribution in [0.2, 0.25) is 0 Å². The highest BCUT2D eigenvalue weighted by Gasteiger charge is 2.68. The molecule has 0 N–H and O–H groups in total. The van der Waals surface area contributed by atoms with E-state index in [1.807, 2.05) is 0 Å². The van der Waals surface area contributed by atoms with E-state index >= 15 is 0 Å². The van der Waals surface area contributed by atoms with E-state index < -0.39 is 0 Å². The van der Waals surface area contributed by atoms with Gasteiger partial charge in [-0.3, -0.25) is 0 Å². The monoisotopic (exact) mass is 212 g/mol. The fourth-order valence-corrected chi connectivity index (χ4v) is 4.19. The maximum Gasteiger partial charge on any atom is 0.0569 e. The van der Waals surface area contributed by atoms with Crippen LogP contribution in [0.3, 0.4) is 0 Å². The Balaban J connectivity index is 1.75. The Kier molecular flexibility index (Phi) is 1.56. The fourth-order valence-electron chi connectivity index (χ4n) is 4.19. The minimum absolute atomic E-state index is 0.445. The van der Waals surface area contributed by atoms with Crippen molar-refractivity contribution in [1.29, 1.82) is 0 Å². The summed E-state index contributed by atoms with van der Waals surface area (Å²) in [7, 11) is 0. The first-order chi connectivity index (χ1) is 7.84. The lowest BCUT2D eigenvalue weighted by molar-refractivity contribution is -0.00877. The van der Waals surface area contributed by atoms with Crippen molar-refractivity contribution in [2.75, 3.05) is 13.2 Å². The van der Waals surface area contributed by atoms with E-state index in [9.17, 15) is 0 Å². The van der Waals surface area contributed by atoms with Crippen LogP contribution in [-0.4, -0.2) is 13.2 Å². The molecule has 1 spiro atoms. The number of ether oxygens (including phenoxy) is 1. The third-order valence-electron chi connectivity index (χ3n) is 5.06. The lowest BCUT2D eigenvalue weighted by atomic mass is 9.39. The molecule has 4 atom stereocenters. The molecule has 1 nitrogen and oxygen atoms in total.